The van der Waals surface area contributed by atoms with Crippen molar-refractivity contribution in [1.82, 2.24) is 5.32 Å². The first-order valence-corrected chi connectivity index (χ1v) is 8.13. The van der Waals surface area contributed by atoms with Crippen molar-refractivity contribution >= 4 is 11.9 Å². The molecule has 0 atom stereocenters. The normalized spacial score (nSPS) is 14.3. The van der Waals surface area contributed by atoms with E-state index in [1.54, 1.807) is 0 Å². The largest absolute Gasteiger partial charge is 0.481 e. The van der Waals surface area contributed by atoms with Crippen molar-refractivity contribution < 1.29 is 80.6 Å². The van der Waals surface area contributed by atoms with Gasteiger partial charge in [-0.1, -0.05) is 13.8 Å². The van der Waals surface area contributed by atoms with E-state index in [1.807, 2.05) is 13.8 Å². The fraction of sp³-hybridized carbons (Fsp3) is 0.857. The molecule has 0 aromatic carbocycles. The molecule has 0 radical (unpaired) electrons. The Morgan fingerprint density at radius 3 is 1.27 bits per heavy atom. The third kappa shape index (κ3) is 5.88. The van der Waals surface area contributed by atoms with E-state index in [4.69, 9.17) is 5.11 Å². The smallest absolute Gasteiger partial charge is 0.460 e. The van der Waals surface area contributed by atoms with E-state index >= 15 is 0 Å². The average molecular weight is 529 g/mol. The molecule has 0 aromatic rings. The Hall–Kier alpha value is -2.11. The Bertz CT molecular complexity index is 688. The minimum Gasteiger partial charge on any atom is -0.481 e. The number of nitrogens with one attached hydrogen (secondary N) is 1. The van der Waals surface area contributed by atoms with Gasteiger partial charge in [-0.3, -0.25) is 9.59 Å². The third-order valence-corrected chi connectivity index (χ3v) is 3.47. The van der Waals surface area contributed by atoms with Crippen LogP contribution in [0, 0.1) is 0 Å². The van der Waals surface area contributed by atoms with Crippen molar-refractivity contribution in [3.8, 4) is 0 Å². The van der Waals surface area contributed by atoms with E-state index in [1.165, 1.54) is 0 Å². The standard InChI is InChI=1S/C12H8F15NO3.C2H6/c13-6(14,3-28-4(29)1-2-5(30)31)7(15,16)8(17,18)9(19,20)10(21,22)11(23,24)12(25,26)27;1-2/h1-3H2,(H,28,29)(H,30,31);1-2H3. The van der Waals surface area contributed by atoms with Gasteiger partial charge in [0.05, 0.1) is 13.0 Å². The van der Waals surface area contributed by atoms with Gasteiger partial charge in [0.15, 0.2) is 0 Å². The first kappa shape index (κ1) is 33.1. The van der Waals surface area contributed by atoms with Crippen LogP contribution in [0.3, 0.4) is 0 Å². The summed E-state index contributed by atoms with van der Waals surface area (Å²) in [6.07, 6.45) is -10.0. The highest BCUT2D eigenvalue weighted by Crippen LogP contribution is 2.62. The van der Waals surface area contributed by atoms with Crippen molar-refractivity contribution in [3.05, 3.63) is 0 Å². The van der Waals surface area contributed by atoms with Crippen molar-refractivity contribution in [2.45, 2.75) is 68.4 Å². The number of alkyl halides is 15. The molecule has 198 valence electrons. The first-order valence-electron chi connectivity index (χ1n) is 8.13. The Balaban J connectivity index is 0. The van der Waals surface area contributed by atoms with Crippen LogP contribution in [0.4, 0.5) is 65.9 Å². The zero-order chi connectivity index (χ0) is 27.5. The van der Waals surface area contributed by atoms with Gasteiger partial charge in [-0.2, -0.15) is 65.9 Å². The van der Waals surface area contributed by atoms with Crippen molar-refractivity contribution in [2.24, 2.45) is 0 Å². The van der Waals surface area contributed by atoms with E-state index in [0.29, 0.717) is 5.32 Å². The van der Waals surface area contributed by atoms with Gasteiger partial charge in [0, 0.05) is 6.42 Å². The van der Waals surface area contributed by atoms with Gasteiger partial charge in [-0.25, -0.2) is 0 Å². The minimum atomic E-state index is -8.40. The maximum atomic E-state index is 13.4. The number of carboxylic acid groups (broad SMARTS) is 1. The van der Waals surface area contributed by atoms with Crippen LogP contribution in [-0.4, -0.2) is 65.2 Å². The summed E-state index contributed by atoms with van der Waals surface area (Å²) in [5.74, 6) is -51.0. The number of aliphatic carboxylic acids is 1. The molecule has 0 rings (SSSR count). The van der Waals surface area contributed by atoms with Gasteiger partial charge >= 0.3 is 47.7 Å². The first-order chi connectivity index (χ1) is 14.3. The van der Waals surface area contributed by atoms with Crippen molar-refractivity contribution in [1.29, 1.82) is 0 Å². The molecule has 2 N–H and O–H groups in total. The Morgan fingerprint density at radius 1 is 0.606 bits per heavy atom. The van der Waals surface area contributed by atoms with Crippen LogP contribution in [-0.2, 0) is 9.59 Å². The molecule has 0 heterocycles. The van der Waals surface area contributed by atoms with E-state index in [0.717, 1.165) is 0 Å². The summed E-state index contributed by atoms with van der Waals surface area (Å²) in [5, 5.41) is 8.85. The summed E-state index contributed by atoms with van der Waals surface area (Å²) in [7, 11) is 0. The molecule has 4 nitrogen and oxygen atoms in total. The van der Waals surface area contributed by atoms with Gasteiger partial charge < -0.3 is 10.4 Å². The van der Waals surface area contributed by atoms with Gasteiger partial charge in [0.1, 0.15) is 0 Å². The lowest BCUT2D eigenvalue weighted by Gasteiger charge is -2.41. The fourth-order valence-electron chi connectivity index (χ4n) is 1.63. The summed E-state index contributed by atoms with van der Waals surface area (Å²) < 4.78 is 193. The fourth-order valence-corrected chi connectivity index (χ4v) is 1.63. The Labute approximate surface area is 174 Å². The van der Waals surface area contributed by atoms with E-state index in [2.05, 4.69) is 0 Å². The molecule has 0 unspecified atom stereocenters. The number of rotatable bonds is 10. The van der Waals surface area contributed by atoms with Crippen molar-refractivity contribution in [3.63, 3.8) is 0 Å². The maximum absolute atomic E-state index is 13.4. The van der Waals surface area contributed by atoms with Gasteiger partial charge in [-0.05, 0) is 0 Å². The van der Waals surface area contributed by atoms with Crippen LogP contribution < -0.4 is 5.32 Å². The molecular weight excluding hydrogens is 515 g/mol. The minimum absolute atomic E-state index is 0.675. The summed E-state index contributed by atoms with van der Waals surface area (Å²) in [6.45, 7) is 0.964. The van der Waals surface area contributed by atoms with Crippen LogP contribution in [0.25, 0.3) is 0 Å². The molecule has 0 fully saturated rings. The van der Waals surface area contributed by atoms with E-state index in [-0.39, 0.29) is 0 Å². The summed E-state index contributed by atoms with van der Waals surface area (Å²) >= 11 is 0. The molecule has 19 heteroatoms. The van der Waals surface area contributed by atoms with Crippen LogP contribution >= 0.6 is 0 Å². The Kier molecular flexibility index (Phi) is 10.0. The van der Waals surface area contributed by atoms with Gasteiger partial charge in [-0.15, -0.1) is 0 Å². The lowest BCUT2D eigenvalue weighted by molar-refractivity contribution is -0.451. The molecule has 0 aliphatic carbocycles. The summed E-state index contributed by atoms with van der Waals surface area (Å²) in [6, 6.07) is 0. The number of hydrogen-bond acceptors (Lipinski definition) is 2. The molecule has 0 saturated carbocycles. The number of halogens is 15. The van der Waals surface area contributed by atoms with Crippen LogP contribution in [0.1, 0.15) is 26.7 Å². The zero-order valence-corrected chi connectivity index (χ0v) is 16.1. The van der Waals surface area contributed by atoms with Gasteiger partial charge in [0.25, 0.3) is 0 Å². The summed E-state index contributed by atoms with van der Waals surface area (Å²) in [4.78, 5) is 21.0. The number of amides is 1. The predicted octanol–water partition coefficient (Wildman–Crippen LogP) is 5.37. The molecular formula is C14H14F15NO3. The molecule has 0 bridgehead atoms. The Morgan fingerprint density at radius 2 is 0.939 bits per heavy atom. The number of carboxylic acids is 1. The molecule has 33 heavy (non-hydrogen) atoms. The second-order valence-corrected chi connectivity index (χ2v) is 5.74. The van der Waals surface area contributed by atoms with Crippen LogP contribution in [0.15, 0.2) is 0 Å². The van der Waals surface area contributed by atoms with E-state index < -0.39 is 73.0 Å². The van der Waals surface area contributed by atoms with Gasteiger partial charge in [0.2, 0.25) is 5.91 Å². The van der Waals surface area contributed by atoms with E-state index in [9.17, 15) is 75.4 Å². The lowest BCUT2D eigenvalue weighted by atomic mass is 9.91. The highest BCUT2D eigenvalue weighted by Gasteiger charge is 2.93. The number of carbonyl (C=O) groups excluding carboxylic acids is 1. The highest BCUT2D eigenvalue weighted by atomic mass is 19.4. The quantitative estimate of drug-likeness (QED) is 0.375. The second-order valence-electron chi connectivity index (χ2n) is 5.74. The summed E-state index contributed by atoms with van der Waals surface area (Å²) in [5.41, 5.74) is 0. The molecule has 0 spiro atoms. The monoisotopic (exact) mass is 529 g/mol. The number of carbonyl (C=O) groups is 2. The number of hydrogen-bond donors (Lipinski definition) is 2. The van der Waals surface area contributed by atoms with Crippen LogP contribution in [0.2, 0.25) is 0 Å². The molecule has 0 aliphatic heterocycles. The van der Waals surface area contributed by atoms with Crippen molar-refractivity contribution in [2.75, 3.05) is 6.54 Å². The zero-order valence-electron chi connectivity index (χ0n) is 16.1. The predicted molar refractivity (Wildman–Crippen MR) is 77.0 cm³/mol. The average Bonchev–Trinajstić information content (AvgIpc) is 2.64. The highest BCUT2D eigenvalue weighted by molar-refractivity contribution is 5.80. The lowest BCUT2D eigenvalue weighted by Crippen LogP contribution is -2.73. The molecule has 0 aromatic heterocycles. The molecule has 0 aliphatic rings. The SMILES string of the molecule is CC.O=C(O)CCC(=O)NCC(F)(F)C(F)(F)C(F)(F)C(F)(F)C(F)(F)C(F)(F)C(F)(F)F. The third-order valence-electron chi connectivity index (χ3n) is 3.47. The topological polar surface area (TPSA) is 66.4 Å². The van der Waals surface area contributed by atoms with Crippen LogP contribution in [0.5, 0.6) is 0 Å². The maximum Gasteiger partial charge on any atom is 0.460 e. The molecule has 1 amide bonds. The second kappa shape index (κ2) is 10.0. The molecule has 0 saturated heterocycles.